The van der Waals surface area contributed by atoms with Gasteiger partial charge in [-0.1, -0.05) is 190 Å². The highest BCUT2D eigenvalue weighted by atomic mass is 16.7. The zero-order chi connectivity index (χ0) is 52.4. The summed E-state index contributed by atoms with van der Waals surface area (Å²) in [7, 11) is 0. The lowest BCUT2D eigenvalue weighted by Crippen LogP contribution is -2.65. The molecule has 0 aromatic carbocycles. The molecule has 2 fully saturated rings. The molecule has 0 radical (unpaired) electrons. The molecule has 0 bridgehead atoms. The molecule has 12 atom stereocenters. The Morgan fingerprint density at radius 1 is 0.500 bits per heavy atom. The number of amides is 1. The third-order valence-corrected chi connectivity index (χ3v) is 13.6. The molecule has 2 heterocycles. The van der Waals surface area contributed by atoms with Gasteiger partial charge in [-0.25, -0.2) is 0 Å². The van der Waals surface area contributed by atoms with Crippen molar-refractivity contribution < 1.29 is 64.6 Å². The fourth-order valence-electron chi connectivity index (χ4n) is 9.01. The molecular formula is C58H103NO13. The van der Waals surface area contributed by atoms with E-state index in [4.69, 9.17) is 18.9 Å². The number of unbranched alkanes of at least 4 members (excludes halogenated alkanes) is 23. The van der Waals surface area contributed by atoms with Gasteiger partial charge in [0.05, 0.1) is 32.0 Å². The Hall–Kier alpha value is -2.31. The first-order chi connectivity index (χ1) is 35.1. The quantitative estimate of drug-likeness (QED) is 0.0205. The van der Waals surface area contributed by atoms with Gasteiger partial charge in [0.1, 0.15) is 48.8 Å². The summed E-state index contributed by atoms with van der Waals surface area (Å²) in [6.07, 6.45) is 38.5. The third-order valence-electron chi connectivity index (χ3n) is 13.6. The molecule has 0 saturated carbocycles. The fraction of sp³-hybridized carbons (Fsp3) is 0.810. The van der Waals surface area contributed by atoms with E-state index >= 15 is 0 Å². The molecule has 9 N–H and O–H groups in total. The van der Waals surface area contributed by atoms with Crippen LogP contribution in [0.2, 0.25) is 0 Å². The number of carbonyl (C=O) groups is 1. The van der Waals surface area contributed by atoms with Crippen molar-refractivity contribution in [2.75, 3.05) is 19.8 Å². The van der Waals surface area contributed by atoms with Crippen molar-refractivity contribution in [1.82, 2.24) is 5.32 Å². The van der Waals surface area contributed by atoms with Crippen LogP contribution in [-0.2, 0) is 23.7 Å². The van der Waals surface area contributed by atoms with Crippen LogP contribution < -0.4 is 5.32 Å². The number of hydrogen-bond donors (Lipinski definition) is 9. The van der Waals surface area contributed by atoms with Crippen molar-refractivity contribution in [2.45, 2.75) is 280 Å². The van der Waals surface area contributed by atoms with Crippen LogP contribution in [0.1, 0.15) is 206 Å². The standard InChI is InChI=1S/C58H103NO13/c1-3-5-7-9-11-13-15-16-17-18-19-20-21-22-23-24-25-26-27-28-29-30-32-34-36-38-40-42-50(63)59-46(47(62)41-39-37-35-33-31-14-12-10-8-6-4-2)45-69-57-55(68)53(66)56(49(44-61)71-57)72-58-54(67)52(65)51(64)48(43-60)70-58/h8,10,15-16,18-19,31,33,39,41,46-49,51-58,60-62,64-68H,3-7,9,11-14,17,20-30,32,34-38,40,42-45H2,1-2H3,(H,59,63)/b10-8+,16-15-,19-18-,33-31+,41-39+. The number of carbonyl (C=O) groups excluding carboxylic acids is 1. The Labute approximate surface area is 435 Å². The average Bonchev–Trinajstić information content (AvgIpc) is 3.38. The van der Waals surface area contributed by atoms with E-state index < -0.39 is 86.8 Å². The summed E-state index contributed by atoms with van der Waals surface area (Å²) < 4.78 is 22.7. The lowest BCUT2D eigenvalue weighted by Gasteiger charge is -2.46. The first-order valence-corrected chi connectivity index (χ1v) is 28.5. The molecule has 0 aromatic heterocycles. The monoisotopic (exact) mass is 1020 g/mol. The van der Waals surface area contributed by atoms with Gasteiger partial charge in [0.2, 0.25) is 5.91 Å². The number of aliphatic hydroxyl groups excluding tert-OH is 8. The number of hydrogen-bond acceptors (Lipinski definition) is 13. The molecule has 2 aliphatic rings. The van der Waals surface area contributed by atoms with E-state index in [1.54, 1.807) is 6.08 Å². The summed E-state index contributed by atoms with van der Waals surface area (Å²) in [5, 5.41) is 86.8. The van der Waals surface area contributed by atoms with Gasteiger partial charge in [-0.15, -0.1) is 0 Å². The summed E-state index contributed by atoms with van der Waals surface area (Å²) >= 11 is 0. The van der Waals surface area contributed by atoms with Gasteiger partial charge in [0.25, 0.3) is 0 Å². The highest BCUT2D eigenvalue weighted by Gasteiger charge is 2.51. The zero-order valence-electron chi connectivity index (χ0n) is 44.7. The topological polar surface area (TPSA) is 228 Å². The maximum Gasteiger partial charge on any atom is 0.220 e. The summed E-state index contributed by atoms with van der Waals surface area (Å²) in [6, 6.07) is -0.937. The van der Waals surface area contributed by atoms with E-state index in [0.29, 0.717) is 12.8 Å². The summed E-state index contributed by atoms with van der Waals surface area (Å²) in [4.78, 5) is 13.2. The Kier molecular flexibility index (Phi) is 40.1. The molecule has 2 rings (SSSR count). The minimum Gasteiger partial charge on any atom is -0.394 e. The van der Waals surface area contributed by atoms with Gasteiger partial charge in [-0.2, -0.15) is 0 Å². The van der Waals surface area contributed by atoms with Gasteiger partial charge in [0.15, 0.2) is 12.6 Å². The minimum atomic E-state index is -1.79. The zero-order valence-corrected chi connectivity index (χ0v) is 44.7. The number of allylic oxidation sites excluding steroid dienone is 9. The van der Waals surface area contributed by atoms with Gasteiger partial charge < -0.3 is 65.1 Å². The number of aliphatic hydroxyl groups is 8. The summed E-state index contributed by atoms with van der Waals surface area (Å²) in [5.41, 5.74) is 0. The molecule has 0 aromatic rings. The Morgan fingerprint density at radius 2 is 0.958 bits per heavy atom. The second-order valence-electron chi connectivity index (χ2n) is 20.0. The second-order valence-corrected chi connectivity index (χ2v) is 20.0. The van der Waals surface area contributed by atoms with E-state index in [1.807, 2.05) is 6.08 Å². The fourth-order valence-corrected chi connectivity index (χ4v) is 9.01. The van der Waals surface area contributed by atoms with E-state index in [9.17, 15) is 45.6 Å². The molecule has 14 heteroatoms. The molecule has 72 heavy (non-hydrogen) atoms. The molecule has 0 spiro atoms. The van der Waals surface area contributed by atoms with Crippen LogP contribution in [0.5, 0.6) is 0 Å². The van der Waals surface area contributed by atoms with Crippen LogP contribution in [0, 0.1) is 0 Å². The van der Waals surface area contributed by atoms with Crippen LogP contribution in [0.3, 0.4) is 0 Å². The lowest BCUT2D eigenvalue weighted by molar-refractivity contribution is -0.359. The minimum absolute atomic E-state index is 0.257. The second kappa shape index (κ2) is 43.9. The number of nitrogens with one attached hydrogen (secondary N) is 1. The van der Waals surface area contributed by atoms with Gasteiger partial charge in [-0.05, 0) is 70.6 Å². The third kappa shape index (κ3) is 29.7. The van der Waals surface area contributed by atoms with Gasteiger partial charge >= 0.3 is 0 Å². The van der Waals surface area contributed by atoms with E-state index in [2.05, 4.69) is 67.8 Å². The molecule has 418 valence electrons. The van der Waals surface area contributed by atoms with Crippen molar-refractivity contribution in [2.24, 2.45) is 0 Å². The largest absolute Gasteiger partial charge is 0.394 e. The van der Waals surface area contributed by atoms with Crippen molar-refractivity contribution in [3.8, 4) is 0 Å². The van der Waals surface area contributed by atoms with E-state index in [1.165, 1.54) is 116 Å². The molecule has 14 nitrogen and oxygen atoms in total. The van der Waals surface area contributed by atoms with E-state index in [0.717, 1.165) is 57.8 Å². The van der Waals surface area contributed by atoms with Gasteiger partial charge in [-0.3, -0.25) is 4.79 Å². The smallest absolute Gasteiger partial charge is 0.220 e. The predicted molar refractivity (Wildman–Crippen MR) is 286 cm³/mol. The Bertz CT molecular complexity index is 1440. The SMILES string of the molecule is CCC/C=C/CC/C=C/CC/C=C/C(O)C(COC1OC(CO)C(OC2OC(CO)C(O)C(O)C2O)C(O)C1O)NC(=O)CCCCCCCCCCCCCCCCC/C=C\C/C=C\CCCCCCC. The Balaban J connectivity index is 1.70. The highest BCUT2D eigenvalue weighted by molar-refractivity contribution is 5.76. The van der Waals surface area contributed by atoms with Crippen molar-refractivity contribution in [3.63, 3.8) is 0 Å². The first-order valence-electron chi connectivity index (χ1n) is 28.5. The molecule has 12 unspecified atom stereocenters. The van der Waals surface area contributed by atoms with Crippen molar-refractivity contribution in [3.05, 3.63) is 60.8 Å². The first kappa shape index (κ1) is 65.8. The lowest BCUT2D eigenvalue weighted by atomic mass is 9.97. The maximum atomic E-state index is 13.2. The molecule has 2 saturated heterocycles. The molecular weight excluding hydrogens is 919 g/mol. The predicted octanol–water partition coefficient (Wildman–Crippen LogP) is 9.00. The van der Waals surface area contributed by atoms with Gasteiger partial charge in [0, 0.05) is 6.42 Å². The van der Waals surface area contributed by atoms with Crippen LogP contribution in [0.15, 0.2) is 60.8 Å². The summed E-state index contributed by atoms with van der Waals surface area (Å²) in [5.74, 6) is -0.257. The molecule has 2 aliphatic heterocycles. The number of rotatable bonds is 44. The van der Waals surface area contributed by atoms with Crippen LogP contribution in [0.4, 0.5) is 0 Å². The Morgan fingerprint density at radius 3 is 1.49 bits per heavy atom. The molecule has 0 aliphatic carbocycles. The van der Waals surface area contributed by atoms with Crippen molar-refractivity contribution in [1.29, 1.82) is 0 Å². The summed E-state index contributed by atoms with van der Waals surface area (Å²) in [6.45, 7) is 2.67. The average molecular weight is 1020 g/mol. The number of ether oxygens (including phenoxy) is 4. The maximum absolute atomic E-state index is 13.2. The molecule has 1 amide bonds. The van der Waals surface area contributed by atoms with Crippen LogP contribution in [-0.4, -0.2) is 140 Å². The normalized spacial score (nSPS) is 26.0. The van der Waals surface area contributed by atoms with E-state index in [-0.39, 0.29) is 18.9 Å². The van der Waals surface area contributed by atoms with Crippen LogP contribution in [0.25, 0.3) is 0 Å². The highest BCUT2D eigenvalue weighted by Crippen LogP contribution is 2.30. The van der Waals surface area contributed by atoms with Crippen molar-refractivity contribution >= 4 is 5.91 Å². The van der Waals surface area contributed by atoms with Crippen LogP contribution >= 0.6 is 0 Å².